The second-order valence-electron chi connectivity index (χ2n) is 7.42. The molecule has 0 radical (unpaired) electrons. The van der Waals surface area contributed by atoms with Gasteiger partial charge in [0.25, 0.3) is 0 Å². The molecule has 0 saturated heterocycles. The highest BCUT2D eigenvalue weighted by molar-refractivity contribution is 14.0. The summed E-state index contributed by atoms with van der Waals surface area (Å²) in [7, 11) is 0. The number of nitrogens with one attached hydrogen (secondary N) is 3. The standard InChI is InChI=1S/C19H28F2N4O2.HI/c1-5-22-17(23-9-10-24-18(26)27-19(2,3)4)25-15-11-12(15)16-13(20)7-6-8-14(16)21;/h6-8,12,15H,5,9-11H2,1-4H3,(H,24,26)(H2,22,23,25);1H. The van der Waals surface area contributed by atoms with E-state index in [0.29, 0.717) is 32.0 Å². The molecular formula is C19H29F2IN4O2. The quantitative estimate of drug-likeness (QED) is 0.237. The molecule has 6 nitrogen and oxygen atoms in total. The topological polar surface area (TPSA) is 74.8 Å². The summed E-state index contributed by atoms with van der Waals surface area (Å²) in [5.41, 5.74) is -0.426. The molecule has 1 aliphatic carbocycles. The van der Waals surface area contributed by atoms with E-state index in [-0.39, 0.29) is 41.5 Å². The van der Waals surface area contributed by atoms with Crippen LogP contribution in [0.1, 0.15) is 45.6 Å². The lowest BCUT2D eigenvalue weighted by Gasteiger charge is -2.19. The molecule has 2 rings (SSSR count). The Kier molecular flexibility index (Phi) is 9.38. The van der Waals surface area contributed by atoms with Crippen LogP contribution in [0.4, 0.5) is 13.6 Å². The average molecular weight is 510 g/mol. The Morgan fingerprint density at radius 1 is 1.25 bits per heavy atom. The van der Waals surface area contributed by atoms with E-state index < -0.39 is 23.3 Å². The van der Waals surface area contributed by atoms with Gasteiger partial charge in [0.15, 0.2) is 5.96 Å². The highest BCUT2D eigenvalue weighted by Gasteiger charge is 2.42. The van der Waals surface area contributed by atoms with E-state index in [1.807, 2.05) is 6.92 Å². The second kappa shape index (κ2) is 10.8. The zero-order valence-electron chi connectivity index (χ0n) is 16.6. The molecule has 1 amide bonds. The van der Waals surface area contributed by atoms with E-state index in [0.717, 1.165) is 0 Å². The third-order valence-electron chi connectivity index (χ3n) is 3.88. The molecule has 0 spiro atoms. The number of benzene rings is 1. The summed E-state index contributed by atoms with van der Waals surface area (Å²) >= 11 is 0. The maximum Gasteiger partial charge on any atom is 0.407 e. The lowest BCUT2D eigenvalue weighted by atomic mass is 10.1. The van der Waals surface area contributed by atoms with Gasteiger partial charge in [-0.1, -0.05) is 6.07 Å². The first-order valence-corrected chi connectivity index (χ1v) is 9.17. The van der Waals surface area contributed by atoms with Crippen molar-refractivity contribution in [3.05, 3.63) is 35.4 Å². The third kappa shape index (κ3) is 7.76. The van der Waals surface area contributed by atoms with E-state index in [2.05, 4.69) is 20.9 Å². The van der Waals surface area contributed by atoms with Crippen molar-refractivity contribution in [3.8, 4) is 0 Å². The van der Waals surface area contributed by atoms with E-state index in [9.17, 15) is 13.6 Å². The highest BCUT2D eigenvalue weighted by Crippen LogP contribution is 2.42. The van der Waals surface area contributed by atoms with Crippen LogP contribution in [0.2, 0.25) is 0 Å². The molecule has 0 heterocycles. The van der Waals surface area contributed by atoms with Crippen LogP contribution in [0.15, 0.2) is 23.2 Å². The second-order valence-corrected chi connectivity index (χ2v) is 7.42. The van der Waals surface area contributed by atoms with Gasteiger partial charge in [0.05, 0.1) is 6.54 Å². The van der Waals surface area contributed by atoms with Gasteiger partial charge < -0.3 is 20.7 Å². The number of alkyl carbamates (subject to hydrolysis) is 1. The number of rotatable bonds is 6. The van der Waals surface area contributed by atoms with Crippen LogP contribution in [-0.2, 0) is 4.74 Å². The zero-order chi connectivity index (χ0) is 20.0. The number of guanidine groups is 1. The molecule has 3 N–H and O–H groups in total. The van der Waals surface area contributed by atoms with Gasteiger partial charge in [-0.2, -0.15) is 0 Å². The van der Waals surface area contributed by atoms with Gasteiger partial charge in [-0.25, -0.2) is 13.6 Å². The minimum atomic E-state index is -0.549. The first kappa shape index (κ1) is 24.4. The largest absolute Gasteiger partial charge is 0.444 e. The van der Waals surface area contributed by atoms with Gasteiger partial charge in [0, 0.05) is 30.6 Å². The number of hydrogen-bond donors (Lipinski definition) is 3. The van der Waals surface area contributed by atoms with E-state index in [1.54, 1.807) is 20.8 Å². The van der Waals surface area contributed by atoms with Gasteiger partial charge >= 0.3 is 6.09 Å². The maximum atomic E-state index is 13.9. The number of carbonyl (C=O) groups is 1. The van der Waals surface area contributed by atoms with Crippen molar-refractivity contribution in [2.45, 2.75) is 51.7 Å². The fourth-order valence-corrected chi connectivity index (χ4v) is 2.67. The van der Waals surface area contributed by atoms with Crippen LogP contribution in [0.25, 0.3) is 0 Å². The molecule has 1 aromatic rings. The Morgan fingerprint density at radius 2 is 1.89 bits per heavy atom. The molecule has 1 fully saturated rings. The first-order valence-electron chi connectivity index (χ1n) is 9.17. The summed E-state index contributed by atoms with van der Waals surface area (Å²) in [6.45, 7) is 8.63. The Bertz CT molecular complexity index is 675. The smallest absolute Gasteiger partial charge is 0.407 e. The summed E-state index contributed by atoms with van der Waals surface area (Å²) in [5.74, 6) is -0.705. The van der Waals surface area contributed by atoms with Crippen LogP contribution in [0.3, 0.4) is 0 Å². The Morgan fingerprint density at radius 3 is 2.46 bits per heavy atom. The Hall–Kier alpha value is -1.65. The van der Waals surface area contributed by atoms with Crippen molar-refractivity contribution in [1.82, 2.24) is 16.0 Å². The molecule has 28 heavy (non-hydrogen) atoms. The van der Waals surface area contributed by atoms with E-state index >= 15 is 0 Å². The van der Waals surface area contributed by atoms with Crippen LogP contribution < -0.4 is 16.0 Å². The van der Waals surface area contributed by atoms with Crippen LogP contribution in [0, 0.1) is 11.6 Å². The van der Waals surface area contributed by atoms with Crippen molar-refractivity contribution in [2.24, 2.45) is 4.99 Å². The van der Waals surface area contributed by atoms with Gasteiger partial charge in [-0.3, -0.25) is 4.99 Å². The monoisotopic (exact) mass is 510 g/mol. The van der Waals surface area contributed by atoms with Crippen molar-refractivity contribution in [2.75, 3.05) is 19.6 Å². The first-order chi connectivity index (χ1) is 12.7. The van der Waals surface area contributed by atoms with Gasteiger partial charge in [0.2, 0.25) is 0 Å². The van der Waals surface area contributed by atoms with Crippen molar-refractivity contribution in [3.63, 3.8) is 0 Å². The molecule has 2 atom stereocenters. The lowest BCUT2D eigenvalue weighted by Crippen LogP contribution is -2.40. The molecule has 2 unspecified atom stereocenters. The summed E-state index contributed by atoms with van der Waals surface area (Å²) in [6.07, 6.45) is 0.145. The molecule has 9 heteroatoms. The molecule has 1 aromatic carbocycles. The lowest BCUT2D eigenvalue weighted by molar-refractivity contribution is 0.0529. The molecule has 0 aliphatic heterocycles. The molecule has 0 aromatic heterocycles. The van der Waals surface area contributed by atoms with Crippen molar-refractivity contribution >= 4 is 36.0 Å². The minimum Gasteiger partial charge on any atom is -0.444 e. The van der Waals surface area contributed by atoms with Crippen molar-refractivity contribution < 1.29 is 18.3 Å². The van der Waals surface area contributed by atoms with E-state index in [4.69, 9.17) is 4.74 Å². The fourth-order valence-electron chi connectivity index (χ4n) is 2.67. The summed E-state index contributed by atoms with van der Waals surface area (Å²) in [6, 6.07) is 3.83. The van der Waals surface area contributed by atoms with Crippen LogP contribution >= 0.6 is 24.0 Å². The molecular weight excluding hydrogens is 481 g/mol. The van der Waals surface area contributed by atoms with E-state index in [1.165, 1.54) is 18.2 Å². The van der Waals surface area contributed by atoms with Gasteiger partial charge in [-0.15, -0.1) is 24.0 Å². The number of ether oxygens (including phenoxy) is 1. The third-order valence-corrected chi connectivity index (χ3v) is 3.88. The maximum absolute atomic E-state index is 13.9. The predicted octanol–water partition coefficient (Wildman–Crippen LogP) is 3.52. The fraction of sp³-hybridized carbons (Fsp3) is 0.579. The number of nitrogens with zero attached hydrogens (tertiary/aromatic N) is 1. The summed E-state index contributed by atoms with van der Waals surface area (Å²) in [5, 5.41) is 8.90. The average Bonchev–Trinajstić information content (AvgIpc) is 3.28. The Labute approximate surface area is 181 Å². The zero-order valence-corrected chi connectivity index (χ0v) is 19.0. The number of halogens is 3. The van der Waals surface area contributed by atoms with Crippen molar-refractivity contribution in [1.29, 1.82) is 0 Å². The minimum absolute atomic E-state index is 0. The number of amides is 1. The summed E-state index contributed by atoms with van der Waals surface area (Å²) in [4.78, 5) is 16.0. The van der Waals surface area contributed by atoms with Gasteiger partial charge in [0.1, 0.15) is 17.2 Å². The van der Waals surface area contributed by atoms with Gasteiger partial charge in [-0.05, 0) is 46.2 Å². The number of hydrogen-bond acceptors (Lipinski definition) is 3. The van der Waals surface area contributed by atoms with Crippen LogP contribution in [0.5, 0.6) is 0 Å². The normalized spacial score (nSPS) is 18.7. The molecule has 1 saturated carbocycles. The SMILES string of the molecule is CCNC(=NCCNC(=O)OC(C)(C)C)NC1CC1c1c(F)cccc1F.I. The Balaban J connectivity index is 0.00000392. The predicted molar refractivity (Wildman–Crippen MR) is 116 cm³/mol. The molecule has 158 valence electrons. The molecule has 1 aliphatic rings. The number of carbonyl (C=O) groups excluding carboxylic acids is 1. The highest BCUT2D eigenvalue weighted by atomic mass is 127. The summed E-state index contributed by atoms with van der Waals surface area (Å²) < 4.78 is 32.9. The van der Waals surface area contributed by atoms with Crippen LogP contribution in [-0.4, -0.2) is 43.3 Å². The molecule has 0 bridgehead atoms. The number of aliphatic imine (C=N–C) groups is 1.